The fraction of sp³-hybridized carbons (Fsp3) is 0.0541. The summed E-state index contributed by atoms with van der Waals surface area (Å²) in [5.74, 6) is -2.19. The molecule has 0 fully saturated rings. The highest BCUT2D eigenvalue weighted by molar-refractivity contribution is 7.86. The molecule has 0 unspecified atom stereocenters. The Labute approximate surface area is 307 Å². The molecule has 0 aliphatic rings. The maximum absolute atomic E-state index is 12.9. The monoisotopic (exact) mass is 770 g/mol. The van der Waals surface area contributed by atoms with Crippen LogP contribution in [-0.4, -0.2) is 54.0 Å². The van der Waals surface area contributed by atoms with Gasteiger partial charge in [-0.1, -0.05) is 0 Å². The third kappa shape index (κ3) is 8.08. The molecule has 0 radical (unpaired) electrons. The van der Waals surface area contributed by atoms with Gasteiger partial charge in [-0.25, -0.2) is 4.79 Å². The fourth-order valence-corrected chi connectivity index (χ4v) is 6.87. The zero-order valence-electron chi connectivity index (χ0n) is 28.2. The van der Waals surface area contributed by atoms with Crippen LogP contribution in [0.3, 0.4) is 0 Å². The van der Waals surface area contributed by atoms with Gasteiger partial charge in [-0.15, -0.1) is 0 Å². The highest BCUT2D eigenvalue weighted by Gasteiger charge is 2.19. The van der Waals surface area contributed by atoms with Crippen LogP contribution >= 0.6 is 0 Å². The first-order chi connectivity index (χ1) is 25.3. The number of rotatable bonds is 8. The van der Waals surface area contributed by atoms with Gasteiger partial charge in [0.25, 0.3) is 32.1 Å². The minimum absolute atomic E-state index is 0.147. The van der Waals surface area contributed by atoms with Crippen molar-refractivity contribution in [3.8, 4) is 11.5 Å². The van der Waals surface area contributed by atoms with Gasteiger partial charge in [0.2, 0.25) is 0 Å². The molecular formula is C37H30N4O11S2. The second-order valence-corrected chi connectivity index (χ2v) is 15.1. The Morgan fingerprint density at radius 1 is 0.500 bits per heavy atom. The Morgan fingerprint density at radius 2 is 0.852 bits per heavy atom. The number of amides is 4. The largest absolute Gasteiger partial charge is 0.507 e. The van der Waals surface area contributed by atoms with Gasteiger partial charge >= 0.3 is 6.03 Å². The van der Waals surface area contributed by atoms with Crippen molar-refractivity contribution in [2.45, 2.75) is 23.6 Å². The molecule has 54 heavy (non-hydrogen) atoms. The van der Waals surface area contributed by atoms with Gasteiger partial charge in [0, 0.05) is 56.8 Å². The predicted octanol–water partition coefficient (Wildman–Crippen LogP) is 6.28. The first-order valence-corrected chi connectivity index (χ1v) is 18.6. The molecule has 0 aliphatic heterocycles. The average Bonchev–Trinajstić information content (AvgIpc) is 3.07. The molecule has 0 saturated carbocycles. The van der Waals surface area contributed by atoms with E-state index < -0.39 is 47.9 Å². The molecule has 0 atom stereocenters. The molecule has 0 aliphatic carbocycles. The van der Waals surface area contributed by atoms with Crippen molar-refractivity contribution < 1.29 is 50.5 Å². The van der Waals surface area contributed by atoms with Gasteiger partial charge in [-0.3, -0.25) is 29.3 Å². The Morgan fingerprint density at radius 3 is 1.20 bits per heavy atom. The number of urea groups is 1. The van der Waals surface area contributed by atoms with Gasteiger partial charge in [0.15, 0.2) is 0 Å². The number of phenols is 2. The zero-order chi connectivity index (χ0) is 39.1. The van der Waals surface area contributed by atoms with Crippen molar-refractivity contribution in [2.24, 2.45) is 0 Å². The van der Waals surface area contributed by atoms with Crippen molar-refractivity contribution in [1.29, 1.82) is 0 Å². The second-order valence-electron chi connectivity index (χ2n) is 12.3. The van der Waals surface area contributed by atoms with Crippen LogP contribution < -0.4 is 21.3 Å². The summed E-state index contributed by atoms with van der Waals surface area (Å²) in [7, 11) is -9.10. The van der Waals surface area contributed by atoms with Crippen LogP contribution in [-0.2, 0) is 20.2 Å². The first-order valence-electron chi connectivity index (χ1n) is 15.8. The number of carbonyl (C=O) groups is 3. The standard InChI is InChI=1S/C37H30N4O11S2/c1-19-11-23(38-25-5-9-31-21(13-25)15-27(17-33(31)42)53(47,48)49)3-7-29(19)35(44)40-37(46)41-36(45)30-8-4-24(12-20(30)2)39-26-6-10-32-22(14-26)16-28(18-34(32)43)54(50,51)52/h3-18,38-39,42-43H,1-2H3,(H,47,48,49)(H,50,51,52)(H2,40,41,44,45,46). The lowest BCUT2D eigenvalue weighted by atomic mass is 10.1. The van der Waals surface area contributed by atoms with Crippen molar-refractivity contribution in [2.75, 3.05) is 10.6 Å². The van der Waals surface area contributed by atoms with E-state index in [9.17, 15) is 50.5 Å². The normalized spacial score (nSPS) is 11.6. The Hall–Kier alpha value is -6.53. The first kappa shape index (κ1) is 37.2. The number of hydrogen-bond acceptors (Lipinski definition) is 11. The molecule has 276 valence electrons. The third-order valence-electron chi connectivity index (χ3n) is 8.38. The predicted molar refractivity (Wildman–Crippen MR) is 200 cm³/mol. The number of phenolic OH excluding ortho intramolecular Hbond substituents is 2. The molecule has 6 aromatic carbocycles. The van der Waals surface area contributed by atoms with Crippen LogP contribution in [0.25, 0.3) is 21.5 Å². The fourth-order valence-electron chi connectivity index (χ4n) is 5.80. The Balaban J connectivity index is 1.08. The maximum atomic E-state index is 12.9. The molecule has 0 aromatic heterocycles. The number of fused-ring (bicyclic) bond motifs is 2. The molecule has 15 nitrogen and oxygen atoms in total. The van der Waals surface area contributed by atoms with Crippen molar-refractivity contribution >= 4 is 82.4 Å². The molecule has 4 amide bonds. The van der Waals surface area contributed by atoms with Crippen molar-refractivity contribution in [3.05, 3.63) is 119 Å². The Bertz CT molecular complexity index is 2600. The molecule has 0 spiro atoms. The molecule has 0 saturated heterocycles. The Kier molecular flexibility index (Phi) is 9.74. The van der Waals surface area contributed by atoms with Crippen LogP contribution in [0.2, 0.25) is 0 Å². The number of aromatic hydroxyl groups is 2. The van der Waals surface area contributed by atoms with Gasteiger partial charge < -0.3 is 20.8 Å². The van der Waals surface area contributed by atoms with Crippen LogP contribution in [0.5, 0.6) is 11.5 Å². The maximum Gasteiger partial charge on any atom is 0.328 e. The van der Waals surface area contributed by atoms with Crippen LogP contribution in [0, 0.1) is 13.8 Å². The summed E-state index contributed by atoms with van der Waals surface area (Å²) in [6.07, 6.45) is 0. The summed E-state index contributed by atoms with van der Waals surface area (Å²) in [4.78, 5) is 37.6. The summed E-state index contributed by atoms with van der Waals surface area (Å²) in [5.41, 5.74) is 3.35. The minimum Gasteiger partial charge on any atom is -0.507 e. The molecule has 8 N–H and O–H groups in total. The SMILES string of the molecule is Cc1cc(Nc2ccc3c(O)cc(S(=O)(=O)O)cc3c2)ccc1C(=O)NC(=O)NC(=O)c1ccc(Nc2ccc3c(O)cc(S(=O)(=O)O)cc3c2)cc1C. The lowest BCUT2D eigenvalue weighted by molar-refractivity contribution is 0.0944. The highest BCUT2D eigenvalue weighted by Crippen LogP contribution is 2.33. The van der Waals surface area contributed by atoms with E-state index in [1.807, 2.05) is 0 Å². The van der Waals surface area contributed by atoms with Gasteiger partial charge in [0.1, 0.15) is 11.5 Å². The van der Waals surface area contributed by atoms with Gasteiger partial charge in [0.05, 0.1) is 9.79 Å². The number of benzene rings is 6. The third-order valence-corrected chi connectivity index (χ3v) is 10.0. The van der Waals surface area contributed by atoms with E-state index in [1.165, 1.54) is 24.3 Å². The van der Waals surface area contributed by atoms with Crippen molar-refractivity contribution in [3.63, 3.8) is 0 Å². The lowest BCUT2D eigenvalue weighted by Crippen LogP contribution is -2.42. The van der Waals surface area contributed by atoms with Crippen LogP contribution in [0.15, 0.2) is 107 Å². The smallest absolute Gasteiger partial charge is 0.328 e. The minimum atomic E-state index is -4.55. The number of aryl methyl sites for hydroxylation is 2. The topological polar surface area (TPSA) is 249 Å². The highest BCUT2D eigenvalue weighted by atomic mass is 32.2. The number of imide groups is 2. The summed E-state index contributed by atoms with van der Waals surface area (Å²) < 4.78 is 65.1. The molecule has 0 bridgehead atoms. The van der Waals surface area contributed by atoms with Crippen LogP contribution in [0.1, 0.15) is 31.8 Å². The molecule has 17 heteroatoms. The van der Waals surface area contributed by atoms with Crippen LogP contribution in [0.4, 0.5) is 27.5 Å². The molecular weight excluding hydrogens is 741 g/mol. The molecule has 0 heterocycles. The molecule has 6 rings (SSSR count). The molecule has 6 aromatic rings. The number of anilines is 4. The van der Waals surface area contributed by atoms with Crippen molar-refractivity contribution in [1.82, 2.24) is 10.6 Å². The summed E-state index contributed by atoms with van der Waals surface area (Å²) >= 11 is 0. The summed E-state index contributed by atoms with van der Waals surface area (Å²) in [6, 6.07) is 22.2. The quantitative estimate of drug-likeness (QED) is 0.0795. The lowest BCUT2D eigenvalue weighted by Gasteiger charge is -2.13. The number of nitrogens with one attached hydrogen (secondary N) is 4. The average molecular weight is 771 g/mol. The summed E-state index contributed by atoms with van der Waals surface area (Å²) in [5, 5.41) is 32.3. The van der Waals surface area contributed by atoms with E-state index in [4.69, 9.17) is 0 Å². The number of carbonyl (C=O) groups excluding carboxylic acids is 3. The van der Waals surface area contributed by atoms with E-state index in [0.29, 0.717) is 55.4 Å². The van der Waals surface area contributed by atoms with E-state index >= 15 is 0 Å². The second kappa shape index (κ2) is 14.1. The van der Waals surface area contributed by atoms with E-state index in [2.05, 4.69) is 21.3 Å². The number of hydrogen-bond donors (Lipinski definition) is 8. The van der Waals surface area contributed by atoms with E-state index in [-0.39, 0.29) is 22.6 Å². The van der Waals surface area contributed by atoms with Gasteiger partial charge in [-0.2, -0.15) is 16.8 Å². The summed E-state index contributed by atoms with van der Waals surface area (Å²) in [6.45, 7) is 3.27. The van der Waals surface area contributed by atoms with E-state index in [0.717, 1.165) is 12.1 Å². The zero-order valence-corrected chi connectivity index (χ0v) is 29.8. The van der Waals surface area contributed by atoms with Gasteiger partial charge in [-0.05, 0) is 121 Å². The van der Waals surface area contributed by atoms with E-state index in [1.54, 1.807) is 74.5 Å².